The van der Waals surface area contributed by atoms with Gasteiger partial charge in [-0.3, -0.25) is 4.79 Å². The Hall–Kier alpha value is -1.00. The second-order valence-electron chi connectivity index (χ2n) is 4.86. The van der Waals surface area contributed by atoms with Crippen LogP contribution in [-0.4, -0.2) is 23.7 Å². The number of nitrogens with two attached hydrogens (primary N) is 1. The van der Waals surface area contributed by atoms with Gasteiger partial charge in [0.25, 0.3) is 0 Å². The maximum atomic E-state index is 11.5. The number of hydrogen-bond acceptors (Lipinski definition) is 3. The van der Waals surface area contributed by atoms with Crippen molar-refractivity contribution < 1.29 is 4.79 Å². The molecule has 1 aliphatic rings. The second-order valence-corrected chi connectivity index (χ2v) is 6.15. The summed E-state index contributed by atoms with van der Waals surface area (Å²) in [6, 6.07) is 10.4. The molecule has 4 heteroatoms. The SMILES string of the molecule is CNC1(C(N)=O)CCC(SCc2ccccc2)C1. The molecule has 1 fully saturated rings. The van der Waals surface area contributed by atoms with Gasteiger partial charge in [-0.05, 0) is 31.9 Å². The Kier molecular flexibility index (Phi) is 4.30. The molecule has 2 atom stereocenters. The average molecular weight is 264 g/mol. The van der Waals surface area contributed by atoms with Crippen molar-refractivity contribution in [3.05, 3.63) is 35.9 Å². The lowest BCUT2D eigenvalue weighted by Gasteiger charge is -2.24. The molecule has 0 heterocycles. The molecule has 1 aromatic carbocycles. The number of carbonyl (C=O) groups excluding carboxylic acids is 1. The summed E-state index contributed by atoms with van der Waals surface area (Å²) in [5, 5.41) is 3.64. The molecule has 2 rings (SSSR count). The van der Waals surface area contributed by atoms with Crippen molar-refractivity contribution in [2.75, 3.05) is 7.05 Å². The van der Waals surface area contributed by atoms with E-state index in [1.54, 1.807) is 0 Å². The third-order valence-electron chi connectivity index (χ3n) is 3.75. The number of amides is 1. The molecule has 0 radical (unpaired) electrons. The Labute approximate surface area is 113 Å². The normalized spacial score (nSPS) is 27.3. The topological polar surface area (TPSA) is 55.1 Å². The van der Waals surface area contributed by atoms with Crippen molar-refractivity contribution in [3.8, 4) is 0 Å². The number of benzene rings is 1. The molecule has 18 heavy (non-hydrogen) atoms. The highest BCUT2D eigenvalue weighted by molar-refractivity contribution is 7.99. The first-order valence-electron chi connectivity index (χ1n) is 6.31. The molecule has 0 bridgehead atoms. The molecule has 0 spiro atoms. The lowest BCUT2D eigenvalue weighted by atomic mass is 9.97. The third-order valence-corrected chi connectivity index (χ3v) is 5.12. The maximum Gasteiger partial charge on any atom is 0.237 e. The Morgan fingerprint density at radius 3 is 2.78 bits per heavy atom. The van der Waals surface area contributed by atoms with Crippen molar-refractivity contribution >= 4 is 17.7 Å². The van der Waals surface area contributed by atoms with Gasteiger partial charge >= 0.3 is 0 Å². The van der Waals surface area contributed by atoms with Gasteiger partial charge in [0.05, 0.1) is 5.54 Å². The summed E-state index contributed by atoms with van der Waals surface area (Å²) in [5.74, 6) is 0.789. The molecule has 0 aliphatic heterocycles. The number of thioether (sulfide) groups is 1. The van der Waals surface area contributed by atoms with E-state index in [9.17, 15) is 4.79 Å². The van der Waals surface area contributed by atoms with E-state index in [0.717, 1.165) is 25.0 Å². The third kappa shape index (κ3) is 2.87. The minimum absolute atomic E-state index is 0.215. The van der Waals surface area contributed by atoms with Crippen LogP contribution in [0.4, 0.5) is 0 Å². The molecular formula is C14H20N2OS. The lowest BCUT2D eigenvalue weighted by Crippen LogP contribution is -2.52. The van der Waals surface area contributed by atoms with Gasteiger partial charge in [0.15, 0.2) is 0 Å². The van der Waals surface area contributed by atoms with Crippen LogP contribution in [0.15, 0.2) is 30.3 Å². The fraction of sp³-hybridized carbons (Fsp3) is 0.500. The standard InChI is InChI=1S/C14H20N2OS/c1-16-14(13(15)17)8-7-12(9-14)18-10-11-5-3-2-4-6-11/h2-6,12,16H,7-10H2,1H3,(H2,15,17). The summed E-state index contributed by atoms with van der Waals surface area (Å²) in [6.45, 7) is 0. The van der Waals surface area contributed by atoms with Gasteiger partial charge in [-0.2, -0.15) is 11.8 Å². The highest BCUT2D eigenvalue weighted by atomic mass is 32.2. The van der Waals surface area contributed by atoms with E-state index in [0.29, 0.717) is 5.25 Å². The van der Waals surface area contributed by atoms with E-state index < -0.39 is 5.54 Å². The van der Waals surface area contributed by atoms with Crippen LogP contribution in [0.25, 0.3) is 0 Å². The van der Waals surface area contributed by atoms with Gasteiger partial charge in [0.2, 0.25) is 5.91 Å². The van der Waals surface area contributed by atoms with Crippen LogP contribution in [0.3, 0.4) is 0 Å². The summed E-state index contributed by atoms with van der Waals surface area (Å²) in [5.41, 5.74) is 6.36. The average Bonchev–Trinajstić information content (AvgIpc) is 2.83. The van der Waals surface area contributed by atoms with Crippen LogP contribution in [-0.2, 0) is 10.5 Å². The second kappa shape index (κ2) is 5.76. The summed E-state index contributed by atoms with van der Waals surface area (Å²) in [7, 11) is 1.83. The summed E-state index contributed by atoms with van der Waals surface area (Å²) < 4.78 is 0. The van der Waals surface area contributed by atoms with E-state index in [1.807, 2.05) is 24.9 Å². The van der Waals surface area contributed by atoms with Gasteiger partial charge in [0, 0.05) is 11.0 Å². The lowest BCUT2D eigenvalue weighted by molar-refractivity contribution is -0.124. The van der Waals surface area contributed by atoms with E-state index in [4.69, 9.17) is 5.73 Å². The van der Waals surface area contributed by atoms with Gasteiger partial charge in [0.1, 0.15) is 0 Å². The molecule has 1 aromatic rings. The Balaban J connectivity index is 1.88. The highest BCUT2D eigenvalue weighted by Crippen LogP contribution is 2.38. The zero-order valence-electron chi connectivity index (χ0n) is 10.7. The number of nitrogens with one attached hydrogen (secondary N) is 1. The maximum absolute atomic E-state index is 11.5. The fourth-order valence-electron chi connectivity index (χ4n) is 2.50. The quantitative estimate of drug-likeness (QED) is 0.854. The van der Waals surface area contributed by atoms with Crippen molar-refractivity contribution in [1.29, 1.82) is 0 Å². The predicted octanol–water partition coefficient (Wildman–Crippen LogP) is 1.92. The van der Waals surface area contributed by atoms with Crippen molar-refractivity contribution in [1.82, 2.24) is 5.32 Å². The zero-order chi connectivity index (χ0) is 13.0. The van der Waals surface area contributed by atoms with Crippen molar-refractivity contribution in [3.63, 3.8) is 0 Å². The number of carbonyl (C=O) groups is 1. The molecule has 0 aromatic heterocycles. The van der Waals surface area contributed by atoms with Crippen LogP contribution in [0, 0.1) is 0 Å². The first-order valence-corrected chi connectivity index (χ1v) is 7.35. The molecule has 1 saturated carbocycles. The van der Waals surface area contributed by atoms with Crippen LogP contribution in [0.2, 0.25) is 0 Å². The summed E-state index contributed by atoms with van der Waals surface area (Å²) >= 11 is 1.92. The van der Waals surface area contributed by atoms with Gasteiger partial charge < -0.3 is 11.1 Å². The van der Waals surface area contributed by atoms with Crippen LogP contribution < -0.4 is 11.1 Å². The predicted molar refractivity (Wildman–Crippen MR) is 76.4 cm³/mol. The van der Waals surface area contributed by atoms with Crippen LogP contribution >= 0.6 is 11.8 Å². The molecular weight excluding hydrogens is 244 g/mol. The molecule has 0 saturated heterocycles. The Bertz CT molecular complexity index is 410. The minimum atomic E-state index is -0.478. The molecule has 2 unspecified atom stereocenters. The minimum Gasteiger partial charge on any atom is -0.368 e. The fourth-order valence-corrected chi connectivity index (χ4v) is 3.81. The van der Waals surface area contributed by atoms with E-state index >= 15 is 0 Å². The largest absolute Gasteiger partial charge is 0.368 e. The molecule has 98 valence electrons. The number of primary amides is 1. The summed E-state index contributed by atoms with van der Waals surface area (Å²) in [6.07, 6.45) is 2.75. The number of likely N-dealkylation sites (N-methyl/N-ethyl adjacent to an activating group) is 1. The molecule has 3 N–H and O–H groups in total. The monoisotopic (exact) mass is 264 g/mol. The van der Waals surface area contributed by atoms with E-state index in [2.05, 4.69) is 29.6 Å². The van der Waals surface area contributed by atoms with E-state index in [-0.39, 0.29) is 5.91 Å². The smallest absolute Gasteiger partial charge is 0.237 e. The Morgan fingerprint density at radius 1 is 1.50 bits per heavy atom. The summed E-state index contributed by atoms with van der Waals surface area (Å²) in [4.78, 5) is 11.5. The van der Waals surface area contributed by atoms with Crippen LogP contribution in [0.1, 0.15) is 24.8 Å². The van der Waals surface area contributed by atoms with Gasteiger partial charge in [-0.25, -0.2) is 0 Å². The Morgan fingerprint density at radius 2 is 2.22 bits per heavy atom. The first kappa shape index (κ1) is 13.4. The molecule has 1 aliphatic carbocycles. The van der Waals surface area contributed by atoms with Crippen LogP contribution in [0.5, 0.6) is 0 Å². The number of rotatable bonds is 5. The first-order chi connectivity index (χ1) is 8.66. The van der Waals surface area contributed by atoms with Gasteiger partial charge in [-0.15, -0.1) is 0 Å². The van der Waals surface area contributed by atoms with E-state index in [1.165, 1.54) is 5.56 Å². The highest BCUT2D eigenvalue weighted by Gasteiger charge is 2.42. The molecule has 3 nitrogen and oxygen atoms in total. The number of hydrogen-bond donors (Lipinski definition) is 2. The zero-order valence-corrected chi connectivity index (χ0v) is 11.5. The molecule has 1 amide bonds. The van der Waals surface area contributed by atoms with Gasteiger partial charge in [-0.1, -0.05) is 30.3 Å². The van der Waals surface area contributed by atoms with Crippen molar-refractivity contribution in [2.24, 2.45) is 5.73 Å². The van der Waals surface area contributed by atoms with Crippen molar-refractivity contribution in [2.45, 2.75) is 35.8 Å².